The molecule has 1 aliphatic heterocycles. The lowest BCUT2D eigenvalue weighted by atomic mass is 10.0. The lowest BCUT2D eigenvalue weighted by Gasteiger charge is -2.34. The first-order chi connectivity index (χ1) is 9.95. The number of carbonyl (C=O) groups is 1. The predicted molar refractivity (Wildman–Crippen MR) is 87.6 cm³/mol. The standard InChI is InChI=1S/C15H23ClN4O/c1-19(2)12-5-7-20(8-6-12)10-15(21)18-14-9-11(16)3-4-13(14)17/h3-4,9,12H,5-8,10,17H2,1-2H3,(H,18,21). The van der Waals surface area contributed by atoms with E-state index in [9.17, 15) is 4.79 Å². The Morgan fingerprint density at radius 2 is 2.10 bits per heavy atom. The van der Waals surface area contributed by atoms with Gasteiger partial charge in [-0.25, -0.2) is 0 Å². The van der Waals surface area contributed by atoms with E-state index in [1.807, 2.05) is 0 Å². The molecule has 3 N–H and O–H groups in total. The van der Waals surface area contributed by atoms with Crippen LogP contribution in [0.5, 0.6) is 0 Å². The molecule has 0 aliphatic carbocycles. The fourth-order valence-corrected chi connectivity index (χ4v) is 2.80. The van der Waals surface area contributed by atoms with Crippen LogP contribution in [-0.4, -0.2) is 55.5 Å². The lowest BCUT2D eigenvalue weighted by Crippen LogP contribution is -2.44. The molecule has 116 valence electrons. The van der Waals surface area contributed by atoms with Crippen molar-refractivity contribution in [3.05, 3.63) is 23.2 Å². The first-order valence-corrected chi connectivity index (χ1v) is 7.57. The molecule has 1 aromatic carbocycles. The van der Waals surface area contributed by atoms with Gasteiger partial charge in [0.2, 0.25) is 5.91 Å². The smallest absolute Gasteiger partial charge is 0.238 e. The van der Waals surface area contributed by atoms with Crippen molar-refractivity contribution in [2.45, 2.75) is 18.9 Å². The van der Waals surface area contributed by atoms with Gasteiger partial charge < -0.3 is 16.0 Å². The van der Waals surface area contributed by atoms with E-state index in [0.29, 0.717) is 29.0 Å². The molecule has 1 heterocycles. The highest BCUT2D eigenvalue weighted by atomic mass is 35.5. The zero-order chi connectivity index (χ0) is 15.4. The van der Waals surface area contributed by atoms with Crippen LogP contribution in [0.3, 0.4) is 0 Å². The van der Waals surface area contributed by atoms with Crippen LogP contribution < -0.4 is 11.1 Å². The number of piperidine rings is 1. The van der Waals surface area contributed by atoms with Crippen LogP contribution in [-0.2, 0) is 4.79 Å². The highest BCUT2D eigenvalue weighted by Gasteiger charge is 2.22. The van der Waals surface area contributed by atoms with Crippen LogP contribution in [0.4, 0.5) is 11.4 Å². The molecule has 0 unspecified atom stereocenters. The van der Waals surface area contributed by atoms with Crippen molar-refractivity contribution < 1.29 is 4.79 Å². The Kier molecular flexibility index (Phi) is 5.45. The van der Waals surface area contributed by atoms with Gasteiger partial charge in [0.25, 0.3) is 0 Å². The number of likely N-dealkylation sites (tertiary alicyclic amines) is 1. The first-order valence-electron chi connectivity index (χ1n) is 7.19. The number of nitrogen functional groups attached to an aromatic ring is 1. The van der Waals surface area contributed by atoms with Crippen LogP contribution >= 0.6 is 11.6 Å². The summed E-state index contributed by atoms with van der Waals surface area (Å²) in [6.07, 6.45) is 2.19. The third-order valence-corrected chi connectivity index (χ3v) is 4.18. The normalized spacial score (nSPS) is 17.1. The first kappa shape index (κ1) is 16.1. The minimum Gasteiger partial charge on any atom is -0.397 e. The van der Waals surface area contributed by atoms with Gasteiger partial charge in [-0.2, -0.15) is 0 Å². The van der Waals surface area contributed by atoms with E-state index in [1.54, 1.807) is 18.2 Å². The van der Waals surface area contributed by atoms with E-state index >= 15 is 0 Å². The largest absolute Gasteiger partial charge is 0.397 e. The quantitative estimate of drug-likeness (QED) is 0.834. The van der Waals surface area contributed by atoms with Crippen LogP contribution in [0.15, 0.2) is 18.2 Å². The minimum atomic E-state index is -0.0488. The van der Waals surface area contributed by atoms with Crippen molar-refractivity contribution in [3.8, 4) is 0 Å². The Labute approximate surface area is 131 Å². The average Bonchev–Trinajstić information content (AvgIpc) is 2.43. The summed E-state index contributed by atoms with van der Waals surface area (Å²) in [6.45, 7) is 2.29. The summed E-state index contributed by atoms with van der Waals surface area (Å²) < 4.78 is 0. The molecule has 0 saturated carbocycles. The fourth-order valence-electron chi connectivity index (χ4n) is 2.62. The Morgan fingerprint density at radius 1 is 1.43 bits per heavy atom. The topological polar surface area (TPSA) is 61.6 Å². The Bertz CT molecular complexity index is 498. The molecule has 0 spiro atoms. The van der Waals surface area contributed by atoms with E-state index in [4.69, 9.17) is 17.3 Å². The van der Waals surface area contributed by atoms with Gasteiger partial charge >= 0.3 is 0 Å². The Morgan fingerprint density at radius 3 is 2.71 bits per heavy atom. The molecule has 0 radical (unpaired) electrons. The molecule has 1 amide bonds. The maximum absolute atomic E-state index is 12.1. The molecule has 0 atom stereocenters. The second kappa shape index (κ2) is 7.11. The van der Waals surface area contributed by atoms with Gasteiger partial charge in [0.05, 0.1) is 17.9 Å². The summed E-state index contributed by atoms with van der Waals surface area (Å²) in [6, 6.07) is 5.69. The van der Waals surface area contributed by atoms with Crippen molar-refractivity contribution in [3.63, 3.8) is 0 Å². The highest BCUT2D eigenvalue weighted by molar-refractivity contribution is 6.31. The van der Waals surface area contributed by atoms with E-state index in [2.05, 4.69) is 29.2 Å². The van der Waals surface area contributed by atoms with Gasteiger partial charge in [-0.15, -0.1) is 0 Å². The number of hydrogen-bond donors (Lipinski definition) is 2. The summed E-state index contributed by atoms with van der Waals surface area (Å²) in [4.78, 5) is 16.5. The van der Waals surface area contributed by atoms with E-state index in [1.165, 1.54) is 0 Å². The highest BCUT2D eigenvalue weighted by Crippen LogP contribution is 2.23. The van der Waals surface area contributed by atoms with Crippen LogP contribution in [0.25, 0.3) is 0 Å². The monoisotopic (exact) mass is 310 g/mol. The number of hydrogen-bond acceptors (Lipinski definition) is 4. The molecule has 6 heteroatoms. The van der Waals surface area contributed by atoms with E-state index in [-0.39, 0.29) is 5.91 Å². The number of nitrogens with two attached hydrogens (primary N) is 1. The summed E-state index contributed by atoms with van der Waals surface area (Å²) in [5.74, 6) is -0.0488. The number of halogens is 1. The molecule has 0 bridgehead atoms. The van der Waals surface area contributed by atoms with Crippen molar-refractivity contribution >= 4 is 28.9 Å². The number of carbonyl (C=O) groups excluding carboxylic acids is 1. The Hall–Kier alpha value is -1.30. The molecular weight excluding hydrogens is 288 g/mol. The summed E-state index contributed by atoms with van der Waals surface area (Å²) in [5.41, 5.74) is 6.94. The molecule has 1 aromatic rings. The van der Waals surface area contributed by atoms with Crippen molar-refractivity contribution in [1.82, 2.24) is 9.80 Å². The SMILES string of the molecule is CN(C)C1CCN(CC(=O)Nc2cc(Cl)ccc2N)CC1. The van der Waals surface area contributed by atoms with Gasteiger partial charge in [-0.05, 0) is 45.1 Å². The lowest BCUT2D eigenvalue weighted by molar-refractivity contribution is -0.117. The van der Waals surface area contributed by atoms with Crippen LogP contribution in [0.2, 0.25) is 5.02 Å². The number of benzene rings is 1. The molecule has 1 saturated heterocycles. The van der Waals surface area contributed by atoms with Crippen LogP contribution in [0.1, 0.15) is 12.8 Å². The minimum absolute atomic E-state index is 0.0488. The maximum atomic E-state index is 12.1. The second-order valence-electron chi connectivity index (χ2n) is 5.75. The van der Waals surface area contributed by atoms with E-state index < -0.39 is 0 Å². The number of rotatable bonds is 4. The molecule has 21 heavy (non-hydrogen) atoms. The van der Waals surface area contributed by atoms with Crippen molar-refractivity contribution in [1.29, 1.82) is 0 Å². The maximum Gasteiger partial charge on any atom is 0.238 e. The Balaban J connectivity index is 1.84. The molecular formula is C15H23ClN4O. The average molecular weight is 311 g/mol. The molecule has 1 aliphatic rings. The van der Waals surface area contributed by atoms with Gasteiger partial charge in [-0.3, -0.25) is 9.69 Å². The number of anilines is 2. The number of nitrogens with zero attached hydrogens (tertiary/aromatic N) is 2. The van der Waals surface area contributed by atoms with Gasteiger partial charge in [0.15, 0.2) is 0 Å². The third kappa shape index (κ3) is 4.59. The molecule has 0 aromatic heterocycles. The second-order valence-corrected chi connectivity index (χ2v) is 6.19. The van der Waals surface area contributed by atoms with Gasteiger partial charge in [0.1, 0.15) is 0 Å². The number of amides is 1. The summed E-state index contributed by atoms with van der Waals surface area (Å²) >= 11 is 5.92. The molecule has 1 fully saturated rings. The zero-order valence-corrected chi connectivity index (χ0v) is 13.4. The van der Waals surface area contributed by atoms with Gasteiger partial charge in [0, 0.05) is 24.2 Å². The van der Waals surface area contributed by atoms with Gasteiger partial charge in [-0.1, -0.05) is 11.6 Å². The molecule has 5 nitrogen and oxygen atoms in total. The number of nitrogens with one attached hydrogen (secondary N) is 1. The van der Waals surface area contributed by atoms with E-state index in [0.717, 1.165) is 25.9 Å². The van der Waals surface area contributed by atoms with Crippen molar-refractivity contribution in [2.24, 2.45) is 0 Å². The summed E-state index contributed by atoms with van der Waals surface area (Å²) in [7, 11) is 4.21. The molecule has 2 rings (SSSR count). The predicted octanol–water partition coefficient (Wildman–Crippen LogP) is 1.89. The third-order valence-electron chi connectivity index (χ3n) is 3.94. The summed E-state index contributed by atoms with van der Waals surface area (Å²) in [5, 5.41) is 3.39. The van der Waals surface area contributed by atoms with Crippen molar-refractivity contribution in [2.75, 3.05) is 44.8 Å². The van der Waals surface area contributed by atoms with Crippen LogP contribution in [0, 0.1) is 0 Å². The zero-order valence-electron chi connectivity index (χ0n) is 12.6. The fraction of sp³-hybridized carbons (Fsp3) is 0.533.